The lowest BCUT2D eigenvalue weighted by molar-refractivity contribution is 0.469. The molecule has 0 bridgehead atoms. The van der Waals surface area contributed by atoms with Crippen LogP contribution in [0.4, 0.5) is 0 Å². The van der Waals surface area contributed by atoms with Crippen molar-refractivity contribution in [3.8, 4) is 0 Å². The summed E-state index contributed by atoms with van der Waals surface area (Å²) >= 11 is 0. The van der Waals surface area contributed by atoms with Crippen LogP contribution >= 0.6 is 0 Å². The van der Waals surface area contributed by atoms with Crippen LogP contribution < -0.4 is 0 Å². The van der Waals surface area contributed by atoms with Crippen LogP contribution in [0.2, 0.25) is 0 Å². The minimum atomic E-state index is 0.500. The van der Waals surface area contributed by atoms with Gasteiger partial charge >= 0.3 is 0 Å². The van der Waals surface area contributed by atoms with Gasteiger partial charge in [0.05, 0.1) is 0 Å². The summed E-state index contributed by atoms with van der Waals surface area (Å²) in [6, 6.07) is 109. The Morgan fingerprint density at radius 1 is 0.133 bits per heavy atom. The van der Waals surface area contributed by atoms with Crippen molar-refractivity contribution in [1.29, 1.82) is 0 Å². The fourth-order valence-corrected chi connectivity index (χ4v) is 15.0. The van der Waals surface area contributed by atoms with E-state index in [4.69, 9.17) is 0 Å². The Kier molecular flexibility index (Phi) is 56.1. The first-order valence-electron chi connectivity index (χ1n) is 56.5. The molecule has 0 saturated heterocycles. The van der Waals surface area contributed by atoms with Gasteiger partial charge in [-0.25, -0.2) is 0 Å². The van der Waals surface area contributed by atoms with Crippen LogP contribution in [-0.4, -0.2) is 0 Å². The third-order valence-corrected chi connectivity index (χ3v) is 19.0. The first kappa shape index (κ1) is 135. The third-order valence-electron chi connectivity index (χ3n) is 19.0. The molecular weight excluding hydrogens is 1800 g/mol. The number of rotatable bonds is 0. The van der Waals surface area contributed by atoms with Crippen LogP contribution in [0.5, 0.6) is 0 Å². The van der Waals surface area contributed by atoms with E-state index in [1.165, 1.54) is 173 Å². The Morgan fingerprint density at radius 3 is 0.580 bits per heavy atom. The van der Waals surface area contributed by atoms with Crippen molar-refractivity contribution in [3.63, 3.8) is 0 Å². The van der Waals surface area contributed by atoms with E-state index in [1.807, 2.05) is 69.2 Å². The molecule has 0 spiro atoms. The standard InChI is InChI=1S/C22H14.C20H14.2C18H12.C12H8.10C5H12.5C2H6/c1-3-7-19-15(5-1)9-11-17-13-14-18-12-10-16-6-2-4-8-20(16)22(18)21(17)19;1-5-13-6-2-11-17-18-12-4-8-14-7-3-10-16(20(14)18)15(9-1)19(13)17;1-3-7-16-13(5-1)9-11-15-12-10-14-6-2-4-8-17(14)18(15)16;1-2-8-14-13(7-1)15-9-3-4-11-17(15)18-12-6-5-10-16(14)18;1-3-9-4-2-6-11-8-7-10(5-1)12(9)11;10*1-5(2,3)4;5*1-2/h1-14H;1-7,9-10,12H,8,11H2;2*1-12H;1-8H;10*1-4H3;5*1-2H3. The van der Waals surface area contributed by atoms with E-state index < -0.39 is 0 Å². The Balaban J connectivity index is 0.000000562. The molecule has 0 nitrogen and oxygen atoms in total. The summed E-state index contributed by atoms with van der Waals surface area (Å²) in [5, 5.41) is 35.1. The van der Waals surface area contributed by atoms with Crippen LogP contribution in [0.1, 0.15) is 380 Å². The van der Waals surface area contributed by atoms with E-state index in [1.54, 1.807) is 0 Å². The quantitative estimate of drug-likeness (QED) is 0.133. The molecule has 150 heavy (non-hydrogen) atoms. The molecule has 3 aliphatic carbocycles. The lowest BCUT2D eigenvalue weighted by Gasteiger charge is -2.22. The van der Waals surface area contributed by atoms with Gasteiger partial charge in [-0.1, -0.05) is 686 Å². The third kappa shape index (κ3) is 52.1. The maximum atomic E-state index is 2.33. The minimum Gasteiger partial charge on any atom is -0.0795 e. The second-order valence-electron chi connectivity index (χ2n) is 54.0. The van der Waals surface area contributed by atoms with Crippen molar-refractivity contribution in [2.75, 3.05) is 0 Å². The number of hydrogen-bond donors (Lipinski definition) is 0. The summed E-state index contributed by atoms with van der Waals surface area (Å²) < 4.78 is 0. The largest absolute Gasteiger partial charge is 0.0795 e. The number of benzene rings is 18. The van der Waals surface area contributed by atoms with Crippen LogP contribution in [0, 0.1) is 54.1 Å². The van der Waals surface area contributed by atoms with Crippen molar-refractivity contribution in [3.05, 3.63) is 349 Å². The van der Waals surface area contributed by atoms with Gasteiger partial charge in [0.25, 0.3) is 0 Å². The fraction of sp³-hybridized carbons (Fsp3) is 0.413. The number of hydrogen-bond acceptors (Lipinski definition) is 0. The average Bonchev–Trinajstić information content (AvgIpc) is 1.01. The van der Waals surface area contributed by atoms with Crippen LogP contribution in [0.3, 0.4) is 0 Å². The Morgan fingerprint density at radius 2 is 0.313 bits per heavy atom. The van der Waals surface area contributed by atoms with E-state index in [0.717, 1.165) is 12.8 Å². The zero-order valence-corrected chi connectivity index (χ0v) is 105. The molecule has 0 aromatic heterocycles. The molecule has 0 heteroatoms. The number of allylic oxidation sites excluding steroid dienone is 2. The summed E-state index contributed by atoms with van der Waals surface area (Å²) in [4.78, 5) is 0. The fourth-order valence-electron chi connectivity index (χ4n) is 15.0. The molecule has 0 saturated carbocycles. The molecule has 0 heterocycles. The summed E-state index contributed by atoms with van der Waals surface area (Å²) in [7, 11) is 0. The highest BCUT2D eigenvalue weighted by molar-refractivity contribution is 6.28. The average molecular weight is 2010 g/mol. The van der Waals surface area contributed by atoms with Gasteiger partial charge in [0.1, 0.15) is 0 Å². The zero-order valence-electron chi connectivity index (χ0n) is 105. The Bertz CT molecular complexity index is 6430. The second kappa shape index (κ2) is 62.5. The van der Waals surface area contributed by atoms with Gasteiger partial charge in [0.15, 0.2) is 0 Å². The summed E-state index contributed by atoms with van der Waals surface area (Å²) in [6.45, 7) is 108. The van der Waals surface area contributed by atoms with Gasteiger partial charge in [0.2, 0.25) is 0 Å². The lowest BCUT2D eigenvalue weighted by Crippen LogP contribution is -2.02. The van der Waals surface area contributed by atoms with E-state index in [0.29, 0.717) is 54.1 Å². The van der Waals surface area contributed by atoms with E-state index in [-0.39, 0.29) is 0 Å². The van der Waals surface area contributed by atoms with Gasteiger partial charge in [-0.05, 0) is 240 Å². The molecule has 0 N–H and O–H groups in total. The van der Waals surface area contributed by atoms with E-state index >= 15 is 0 Å². The predicted octanol–water partition coefficient (Wildman–Crippen LogP) is 50.7. The molecule has 0 aliphatic heterocycles. The smallest absolute Gasteiger partial charge is 0.00206 e. The molecular formula is C150H210. The molecule has 0 radical (unpaired) electrons. The van der Waals surface area contributed by atoms with Crippen molar-refractivity contribution in [2.24, 2.45) is 54.1 Å². The van der Waals surface area contributed by atoms with Crippen LogP contribution in [0.25, 0.3) is 164 Å². The molecule has 0 fully saturated rings. The Hall–Kier alpha value is -11.4. The molecule has 0 unspecified atom stereocenters. The number of fused-ring (bicyclic) bond motifs is 20. The summed E-state index contributed by atoms with van der Waals surface area (Å²) in [5.41, 5.74) is 13.5. The van der Waals surface area contributed by atoms with Crippen molar-refractivity contribution < 1.29 is 0 Å². The Labute approximate surface area is 919 Å². The second-order valence-corrected chi connectivity index (χ2v) is 54.0. The first-order chi connectivity index (χ1) is 69.7. The molecule has 810 valence electrons. The van der Waals surface area contributed by atoms with Gasteiger partial charge in [-0.15, -0.1) is 0 Å². The van der Waals surface area contributed by atoms with Gasteiger partial charge in [0, 0.05) is 0 Å². The summed E-state index contributed by atoms with van der Waals surface area (Å²) in [6.07, 6.45) is 15.7. The minimum absolute atomic E-state index is 0.500. The molecule has 21 rings (SSSR count). The highest BCUT2D eigenvalue weighted by atomic mass is 14.2. The highest BCUT2D eigenvalue weighted by Crippen LogP contribution is 2.44. The van der Waals surface area contributed by atoms with Gasteiger partial charge in [-0.2, -0.15) is 0 Å². The van der Waals surface area contributed by atoms with Gasteiger partial charge in [-0.3, -0.25) is 0 Å². The van der Waals surface area contributed by atoms with Crippen LogP contribution in [-0.2, 0) is 12.8 Å². The van der Waals surface area contributed by atoms with Crippen LogP contribution in [0.15, 0.2) is 315 Å². The maximum absolute atomic E-state index is 2.33. The van der Waals surface area contributed by atoms with Crippen molar-refractivity contribution in [1.82, 2.24) is 0 Å². The SMILES string of the molecule is C1=Cc2c3c4c(cccc4c4cccc(c24)C1)C=CC3.C1=Cc2cccc3cccc1c23.CC.CC.CC.CC.CC.CC(C)(C)C.CC(C)(C)C.CC(C)(C)C.CC(C)(C)C.CC(C)(C)C.CC(C)(C)C.CC(C)(C)C.CC(C)(C)C.CC(C)(C)C.CC(C)(C)C.c1ccc2c(c1)c1ccccc1c1ccccc21.c1ccc2c(c1)ccc1ccc3ccc4ccccc4c3c12.c1ccc2c(c1)ccc1ccc3ccccc3c12. The first-order valence-corrected chi connectivity index (χ1v) is 56.5. The maximum Gasteiger partial charge on any atom is -0.00206 e. The molecule has 18 aromatic carbocycles. The van der Waals surface area contributed by atoms with E-state index in [2.05, 4.69) is 617 Å². The normalized spacial score (nSPS) is 11.7. The summed E-state index contributed by atoms with van der Waals surface area (Å²) in [5.74, 6) is 0. The van der Waals surface area contributed by atoms with Gasteiger partial charge < -0.3 is 0 Å². The monoisotopic (exact) mass is 2010 g/mol. The topological polar surface area (TPSA) is 0 Å². The lowest BCUT2D eigenvalue weighted by atomic mass is 9.82. The van der Waals surface area contributed by atoms with Crippen molar-refractivity contribution >= 4 is 164 Å². The highest BCUT2D eigenvalue weighted by Gasteiger charge is 2.21. The molecule has 0 atom stereocenters. The predicted molar refractivity (Wildman–Crippen MR) is 702 cm³/mol. The molecule has 18 aromatic rings. The molecule has 3 aliphatic rings. The molecule has 0 amide bonds. The van der Waals surface area contributed by atoms with Crippen molar-refractivity contribution in [2.45, 2.75) is 359 Å². The zero-order chi connectivity index (χ0) is 114. The van der Waals surface area contributed by atoms with E-state index in [9.17, 15) is 0 Å².